The van der Waals surface area contributed by atoms with Crippen LogP contribution in [0.1, 0.15) is 17.2 Å². The van der Waals surface area contributed by atoms with Crippen molar-refractivity contribution in [1.82, 2.24) is 31.5 Å². The summed E-state index contributed by atoms with van der Waals surface area (Å²) in [5, 5.41) is 9.07. The van der Waals surface area contributed by atoms with Crippen molar-refractivity contribution in [2.75, 3.05) is 7.05 Å². The first kappa shape index (κ1) is 18.4. The van der Waals surface area contributed by atoms with E-state index >= 15 is 0 Å². The maximum absolute atomic E-state index is 13.4. The van der Waals surface area contributed by atoms with Crippen LogP contribution >= 0.6 is 0 Å². The van der Waals surface area contributed by atoms with Gasteiger partial charge in [0.15, 0.2) is 0 Å². The number of alkyl halides is 3. The van der Waals surface area contributed by atoms with E-state index < -0.39 is 17.8 Å². The van der Waals surface area contributed by atoms with Crippen LogP contribution in [0.15, 0.2) is 60.6 Å². The van der Waals surface area contributed by atoms with Gasteiger partial charge in [-0.3, -0.25) is 9.80 Å². The van der Waals surface area contributed by atoms with Gasteiger partial charge in [0.1, 0.15) is 18.0 Å². The van der Waals surface area contributed by atoms with Gasteiger partial charge in [-0.1, -0.05) is 24.3 Å². The summed E-state index contributed by atoms with van der Waals surface area (Å²) >= 11 is 0. The Balaban J connectivity index is 1.52. The summed E-state index contributed by atoms with van der Waals surface area (Å²) in [5.74, 6) is -0.363. The number of carbonyl (C=O) groups is 1. The highest BCUT2D eigenvalue weighted by Gasteiger charge is 2.38. The molecule has 0 aliphatic carbocycles. The van der Waals surface area contributed by atoms with Crippen LogP contribution in [0.4, 0.5) is 13.2 Å². The number of nitrogens with one attached hydrogen (secondary N) is 4. The molecule has 0 saturated carbocycles. The van der Waals surface area contributed by atoms with Crippen LogP contribution in [-0.4, -0.2) is 35.3 Å². The summed E-state index contributed by atoms with van der Waals surface area (Å²) in [4.78, 5) is 12.6. The fourth-order valence-corrected chi connectivity index (χ4v) is 3.35. The summed E-state index contributed by atoms with van der Waals surface area (Å²) in [6.45, 7) is 0. The van der Waals surface area contributed by atoms with Gasteiger partial charge in [0.05, 0.1) is 11.6 Å². The van der Waals surface area contributed by atoms with Crippen LogP contribution in [0.3, 0.4) is 0 Å². The molecule has 3 heterocycles. The molecular formula is C18H19F3N6O. The highest BCUT2D eigenvalue weighted by molar-refractivity contribution is 5.93. The minimum absolute atomic E-state index is 0.0957. The molecule has 0 saturated heterocycles. The van der Waals surface area contributed by atoms with Crippen LogP contribution in [0.2, 0.25) is 0 Å². The maximum Gasteiger partial charge on any atom is 0.416 e. The number of carbonyl (C=O) groups excluding carboxylic acids is 1. The van der Waals surface area contributed by atoms with E-state index in [4.69, 9.17) is 0 Å². The Kier molecular flexibility index (Phi) is 4.52. The lowest BCUT2D eigenvalue weighted by atomic mass is 9.99. The summed E-state index contributed by atoms with van der Waals surface area (Å²) in [5.41, 5.74) is 5.69. The number of fused-ring (bicyclic) bond motifs is 1. The van der Waals surface area contributed by atoms with Gasteiger partial charge < -0.3 is 15.6 Å². The third kappa shape index (κ3) is 3.43. The molecule has 28 heavy (non-hydrogen) atoms. The highest BCUT2D eigenvalue weighted by atomic mass is 19.4. The number of halogens is 3. The molecule has 3 unspecified atom stereocenters. The Morgan fingerprint density at radius 1 is 1.14 bits per heavy atom. The molecule has 7 nitrogen and oxygen atoms in total. The number of hydrogen-bond donors (Lipinski definition) is 4. The Hall–Kier alpha value is -2.98. The molecule has 148 valence electrons. The Morgan fingerprint density at radius 2 is 1.93 bits per heavy atom. The molecule has 0 radical (unpaired) electrons. The van der Waals surface area contributed by atoms with Crippen molar-refractivity contribution in [1.29, 1.82) is 0 Å². The fourth-order valence-electron chi connectivity index (χ4n) is 3.35. The van der Waals surface area contributed by atoms with E-state index in [0.29, 0.717) is 0 Å². The zero-order valence-corrected chi connectivity index (χ0v) is 14.9. The van der Waals surface area contributed by atoms with Crippen molar-refractivity contribution < 1.29 is 18.0 Å². The van der Waals surface area contributed by atoms with Crippen LogP contribution in [0.25, 0.3) is 0 Å². The van der Waals surface area contributed by atoms with E-state index in [2.05, 4.69) is 21.5 Å². The molecule has 1 aromatic rings. The van der Waals surface area contributed by atoms with E-state index in [-0.39, 0.29) is 29.5 Å². The summed E-state index contributed by atoms with van der Waals surface area (Å²) in [7, 11) is 1.80. The monoisotopic (exact) mass is 392 g/mol. The molecule has 4 rings (SSSR count). The predicted octanol–water partition coefficient (Wildman–Crippen LogP) is 1.30. The number of hydrazine groups is 2. The molecule has 0 fully saturated rings. The van der Waals surface area contributed by atoms with Crippen molar-refractivity contribution in [3.63, 3.8) is 0 Å². The fraction of sp³-hybridized carbons (Fsp3) is 0.278. The zero-order chi connectivity index (χ0) is 19.9. The number of hydrogen-bond acceptors (Lipinski definition) is 6. The summed E-state index contributed by atoms with van der Waals surface area (Å²) in [6, 6.07) is 4.68. The SMILES string of the molecule is CN1C=CC(NC(=O)C2=CNC3C=CC(c4ccccc4C(F)(F)F)NN23)N1. The number of amides is 1. The van der Waals surface area contributed by atoms with Crippen molar-refractivity contribution in [3.05, 3.63) is 71.7 Å². The lowest BCUT2D eigenvalue weighted by Crippen LogP contribution is -2.53. The van der Waals surface area contributed by atoms with Crippen molar-refractivity contribution >= 4 is 5.91 Å². The number of nitrogens with zero attached hydrogens (tertiary/aromatic N) is 2. The van der Waals surface area contributed by atoms with E-state index in [1.165, 1.54) is 23.3 Å². The topological polar surface area (TPSA) is 71.7 Å². The first-order chi connectivity index (χ1) is 13.3. The lowest BCUT2D eigenvalue weighted by molar-refractivity contribution is -0.138. The Morgan fingerprint density at radius 3 is 2.64 bits per heavy atom. The van der Waals surface area contributed by atoms with Crippen molar-refractivity contribution in [3.8, 4) is 0 Å². The Bertz CT molecular complexity index is 865. The van der Waals surface area contributed by atoms with E-state index in [9.17, 15) is 18.0 Å². The van der Waals surface area contributed by atoms with Gasteiger partial charge in [-0.2, -0.15) is 13.2 Å². The van der Waals surface area contributed by atoms with E-state index in [1.54, 1.807) is 42.6 Å². The molecule has 1 aromatic carbocycles. The van der Waals surface area contributed by atoms with Gasteiger partial charge in [0.25, 0.3) is 5.91 Å². The van der Waals surface area contributed by atoms with Gasteiger partial charge in [-0.05, 0) is 23.8 Å². The molecule has 3 aliphatic heterocycles. The van der Waals surface area contributed by atoms with Gasteiger partial charge in [0, 0.05) is 19.4 Å². The lowest BCUT2D eigenvalue weighted by Gasteiger charge is -2.35. The zero-order valence-electron chi connectivity index (χ0n) is 14.9. The van der Waals surface area contributed by atoms with Gasteiger partial charge >= 0.3 is 6.18 Å². The minimum atomic E-state index is -4.46. The van der Waals surface area contributed by atoms with Crippen LogP contribution in [-0.2, 0) is 11.0 Å². The maximum atomic E-state index is 13.4. The molecule has 3 atom stereocenters. The van der Waals surface area contributed by atoms with Gasteiger partial charge in [0.2, 0.25) is 0 Å². The third-order valence-electron chi connectivity index (χ3n) is 4.66. The second-order valence-electron chi connectivity index (χ2n) is 6.62. The summed E-state index contributed by atoms with van der Waals surface area (Å²) in [6.07, 6.45) is 3.30. The molecule has 0 spiro atoms. The van der Waals surface area contributed by atoms with Crippen LogP contribution in [0.5, 0.6) is 0 Å². The van der Waals surface area contributed by atoms with E-state index in [0.717, 1.165) is 6.07 Å². The predicted molar refractivity (Wildman–Crippen MR) is 95.3 cm³/mol. The van der Waals surface area contributed by atoms with Crippen LogP contribution < -0.4 is 21.5 Å². The molecular weight excluding hydrogens is 373 g/mol. The number of rotatable bonds is 3. The number of benzene rings is 1. The molecule has 10 heteroatoms. The second-order valence-corrected chi connectivity index (χ2v) is 6.62. The van der Waals surface area contributed by atoms with E-state index in [1.807, 2.05) is 0 Å². The Labute approximate surface area is 159 Å². The van der Waals surface area contributed by atoms with Crippen molar-refractivity contribution in [2.45, 2.75) is 24.5 Å². The normalized spacial score (nSPS) is 26.1. The molecule has 3 aliphatic rings. The standard InChI is InChI=1S/C18H19F3N6O/c1-26-9-8-15(25-26)23-17(28)14-10-22-16-7-6-13(24-27(14)16)11-4-2-3-5-12(11)18(19,20)21/h2-10,13,15-16,22,24-25H,1H3,(H,23,28). The molecule has 0 bridgehead atoms. The largest absolute Gasteiger partial charge is 0.416 e. The first-order valence-corrected chi connectivity index (χ1v) is 8.67. The van der Waals surface area contributed by atoms with Gasteiger partial charge in [-0.15, -0.1) is 0 Å². The quantitative estimate of drug-likeness (QED) is 0.582. The second kappa shape index (κ2) is 6.88. The minimum Gasteiger partial charge on any atom is -0.365 e. The average molecular weight is 392 g/mol. The average Bonchev–Trinajstić information content (AvgIpc) is 3.26. The van der Waals surface area contributed by atoms with Crippen LogP contribution in [0, 0.1) is 0 Å². The smallest absolute Gasteiger partial charge is 0.365 e. The summed E-state index contributed by atoms with van der Waals surface area (Å²) < 4.78 is 40.1. The molecule has 1 amide bonds. The highest BCUT2D eigenvalue weighted by Crippen LogP contribution is 2.36. The molecule has 0 aromatic heterocycles. The first-order valence-electron chi connectivity index (χ1n) is 8.67. The third-order valence-corrected chi connectivity index (χ3v) is 4.66. The van der Waals surface area contributed by atoms with Gasteiger partial charge in [-0.25, -0.2) is 10.9 Å². The van der Waals surface area contributed by atoms with Crippen molar-refractivity contribution in [2.24, 2.45) is 0 Å². The molecule has 4 N–H and O–H groups in total.